The highest BCUT2D eigenvalue weighted by Crippen LogP contribution is 2.34. The van der Waals surface area contributed by atoms with Crippen LogP contribution < -0.4 is 5.32 Å². The van der Waals surface area contributed by atoms with E-state index in [1.165, 1.54) is 4.90 Å². The smallest absolute Gasteiger partial charge is 0.338 e. The van der Waals surface area contributed by atoms with Gasteiger partial charge >= 0.3 is 12.0 Å². The maximum atomic E-state index is 12.7. The van der Waals surface area contributed by atoms with Crippen molar-refractivity contribution >= 4 is 17.9 Å². The summed E-state index contributed by atoms with van der Waals surface area (Å²) in [6, 6.07) is 8.34. The molecule has 0 spiro atoms. The Morgan fingerprint density at radius 3 is 2.48 bits per heavy atom. The van der Waals surface area contributed by atoms with Crippen LogP contribution in [0.2, 0.25) is 0 Å². The number of hydrogen-bond acceptors (Lipinski definition) is 4. The number of carbonyl (C=O) groups excluding carboxylic acids is 3. The van der Waals surface area contributed by atoms with Crippen LogP contribution in [0.3, 0.4) is 0 Å². The van der Waals surface area contributed by atoms with E-state index in [-0.39, 0.29) is 25.1 Å². The Morgan fingerprint density at radius 2 is 1.85 bits per heavy atom. The molecule has 7 heteroatoms. The molecule has 3 amide bonds. The van der Waals surface area contributed by atoms with Crippen molar-refractivity contribution in [3.05, 3.63) is 47.2 Å². The van der Waals surface area contributed by atoms with Crippen molar-refractivity contribution in [3.8, 4) is 0 Å². The Kier molecular flexibility index (Phi) is 5.78. The normalized spacial score (nSPS) is 18.9. The molecule has 2 heterocycles. The minimum atomic E-state index is -0.558. The van der Waals surface area contributed by atoms with E-state index in [4.69, 9.17) is 4.74 Å². The summed E-state index contributed by atoms with van der Waals surface area (Å²) in [4.78, 5) is 40.9. The number of nitrogens with zero attached hydrogens (tertiary/aromatic N) is 2. The Morgan fingerprint density at radius 1 is 1.19 bits per heavy atom. The molecular weight excluding hydrogens is 346 g/mol. The maximum absolute atomic E-state index is 12.7. The molecule has 3 rings (SSSR count). The molecule has 0 radical (unpaired) electrons. The zero-order valence-electron chi connectivity index (χ0n) is 15.7. The van der Waals surface area contributed by atoms with E-state index in [9.17, 15) is 14.4 Å². The van der Waals surface area contributed by atoms with Gasteiger partial charge in [0.05, 0.1) is 17.3 Å². The van der Waals surface area contributed by atoms with Gasteiger partial charge in [0.2, 0.25) is 5.91 Å². The van der Waals surface area contributed by atoms with E-state index in [1.54, 1.807) is 4.90 Å². The SMILES string of the molecule is CCCN(CCC)C(=O)CN1C(=O)N[C@H](c2ccccc2)C2=C1COC2=O. The van der Waals surface area contributed by atoms with Crippen molar-refractivity contribution in [3.63, 3.8) is 0 Å². The number of cyclic esters (lactones) is 1. The molecule has 0 bridgehead atoms. The zero-order valence-corrected chi connectivity index (χ0v) is 15.7. The lowest BCUT2D eigenvalue weighted by Gasteiger charge is -2.33. The van der Waals surface area contributed by atoms with Gasteiger partial charge in [0.25, 0.3) is 0 Å². The van der Waals surface area contributed by atoms with Crippen LogP contribution in [-0.4, -0.2) is 53.9 Å². The third-order valence-electron chi connectivity index (χ3n) is 4.76. The molecule has 7 nitrogen and oxygen atoms in total. The summed E-state index contributed by atoms with van der Waals surface area (Å²) in [6.07, 6.45) is 1.70. The molecular formula is C20H25N3O4. The first-order valence-corrected chi connectivity index (χ1v) is 9.37. The van der Waals surface area contributed by atoms with Gasteiger partial charge in [-0.05, 0) is 18.4 Å². The summed E-state index contributed by atoms with van der Waals surface area (Å²) in [5.41, 5.74) is 1.70. The third kappa shape index (κ3) is 3.82. The lowest BCUT2D eigenvalue weighted by Crippen LogP contribution is -2.51. The fourth-order valence-corrected chi connectivity index (χ4v) is 3.51. The number of hydrogen-bond donors (Lipinski definition) is 1. The predicted octanol–water partition coefficient (Wildman–Crippen LogP) is 2.21. The highest BCUT2D eigenvalue weighted by Gasteiger charge is 2.42. The maximum Gasteiger partial charge on any atom is 0.338 e. The topological polar surface area (TPSA) is 79.0 Å². The third-order valence-corrected chi connectivity index (χ3v) is 4.76. The van der Waals surface area contributed by atoms with Gasteiger partial charge in [0, 0.05) is 13.1 Å². The second-order valence-electron chi connectivity index (χ2n) is 6.70. The Balaban J connectivity index is 1.88. The Bertz CT molecular complexity index is 754. The molecule has 1 aromatic rings. The molecule has 0 fully saturated rings. The highest BCUT2D eigenvalue weighted by atomic mass is 16.5. The van der Waals surface area contributed by atoms with Gasteiger partial charge in [-0.3, -0.25) is 9.69 Å². The van der Waals surface area contributed by atoms with Crippen molar-refractivity contribution in [2.45, 2.75) is 32.7 Å². The van der Waals surface area contributed by atoms with Gasteiger partial charge < -0.3 is 15.0 Å². The minimum Gasteiger partial charge on any atom is -0.456 e. The van der Waals surface area contributed by atoms with E-state index in [2.05, 4.69) is 5.32 Å². The number of esters is 1. The molecule has 1 N–H and O–H groups in total. The number of amides is 3. The number of nitrogens with one attached hydrogen (secondary N) is 1. The molecule has 1 aromatic carbocycles. The summed E-state index contributed by atoms with van der Waals surface area (Å²) in [6.45, 7) is 5.24. The summed E-state index contributed by atoms with van der Waals surface area (Å²) < 4.78 is 5.20. The second-order valence-corrected chi connectivity index (χ2v) is 6.70. The molecule has 0 aromatic heterocycles. The fourth-order valence-electron chi connectivity index (χ4n) is 3.51. The number of carbonyl (C=O) groups is 3. The Hall–Kier alpha value is -2.83. The van der Waals surface area contributed by atoms with Crippen LogP contribution in [0.5, 0.6) is 0 Å². The number of rotatable bonds is 7. The van der Waals surface area contributed by atoms with Gasteiger partial charge in [-0.2, -0.15) is 0 Å². The second kappa shape index (κ2) is 8.24. The van der Waals surface area contributed by atoms with E-state index in [0.29, 0.717) is 24.4 Å². The molecule has 0 unspecified atom stereocenters. The van der Waals surface area contributed by atoms with Crippen LogP contribution in [0.25, 0.3) is 0 Å². The number of benzene rings is 1. The molecule has 144 valence electrons. The Labute approximate surface area is 159 Å². The standard InChI is InChI=1S/C20H25N3O4/c1-3-10-22(11-4-2)16(24)12-23-15-13-27-19(25)17(15)18(21-20(23)26)14-8-6-5-7-9-14/h5-9,18H,3-4,10-13H2,1-2H3,(H,21,26)/t18-/m1/s1. The lowest BCUT2D eigenvalue weighted by molar-refractivity contribution is -0.136. The lowest BCUT2D eigenvalue weighted by atomic mass is 9.96. The molecule has 1 atom stereocenters. The largest absolute Gasteiger partial charge is 0.456 e. The predicted molar refractivity (Wildman–Crippen MR) is 99.6 cm³/mol. The summed E-state index contributed by atoms with van der Waals surface area (Å²) in [5.74, 6) is -0.575. The number of urea groups is 1. The minimum absolute atomic E-state index is 0.0136. The zero-order chi connectivity index (χ0) is 19.4. The molecule has 0 aliphatic carbocycles. The first kappa shape index (κ1) is 18.9. The highest BCUT2D eigenvalue weighted by molar-refractivity contribution is 5.98. The molecule has 27 heavy (non-hydrogen) atoms. The van der Waals surface area contributed by atoms with Gasteiger partial charge in [0.1, 0.15) is 13.2 Å². The monoisotopic (exact) mass is 371 g/mol. The molecule has 0 saturated carbocycles. The van der Waals surface area contributed by atoms with E-state index in [0.717, 1.165) is 18.4 Å². The van der Waals surface area contributed by atoms with Gasteiger partial charge in [0.15, 0.2) is 0 Å². The average Bonchev–Trinajstić information content (AvgIpc) is 3.06. The van der Waals surface area contributed by atoms with Crippen LogP contribution in [-0.2, 0) is 14.3 Å². The van der Waals surface area contributed by atoms with Gasteiger partial charge in [-0.25, -0.2) is 9.59 Å². The van der Waals surface area contributed by atoms with Crippen molar-refractivity contribution in [2.24, 2.45) is 0 Å². The van der Waals surface area contributed by atoms with Crippen LogP contribution >= 0.6 is 0 Å². The number of ether oxygens (including phenoxy) is 1. The first-order valence-electron chi connectivity index (χ1n) is 9.37. The van der Waals surface area contributed by atoms with E-state index >= 15 is 0 Å². The van der Waals surface area contributed by atoms with Crippen molar-refractivity contribution in [1.82, 2.24) is 15.1 Å². The first-order chi connectivity index (χ1) is 13.1. The van der Waals surface area contributed by atoms with Crippen molar-refractivity contribution in [1.29, 1.82) is 0 Å². The van der Waals surface area contributed by atoms with Crippen molar-refractivity contribution in [2.75, 3.05) is 26.2 Å². The van der Waals surface area contributed by atoms with Gasteiger partial charge in [-0.15, -0.1) is 0 Å². The average molecular weight is 371 g/mol. The van der Waals surface area contributed by atoms with E-state index in [1.807, 2.05) is 44.2 Å². The van der Waals surface area contributed by atoms with Crippen LogP contribution in [0, 0.1) is 0 Å². The van der Waals surface area contributed by atoms with Crippen LogP contribution in [0.15, 0.2) is 41.6 Å². The molecule has 2 aliphatic heterocycles. The molecule has 0 saturated heterocycles. The van der Waals surface area contributed by atoms with Crippen molar-refractivity contribution < 1.29 is 19.1 Å². The fraction of sp³-hybridized carbons (Fsp3) is 0.450. The molecule has 2 aliphatic rings. The van der Waals surface area contributed by atoms with Gasteiger partial charge in [-0.1, -0.05) is 44.2 Å². The summed E-state index contributed by atoms with van der Waals surface area (Å²) in [7, 11) is 0. The van der Waals surface area contributed by atoms with Crippen LogP contribution in [0.1, 0.15) is 38.3 Å². The summed E-state index contributed by atoms with van der Waals surface area (Å²) >= 11 is 0. The van der Waals surface area contributed by atoms with E-state index < -0.39 is 12.0 Å². The quantitative estimate of drug-likeness (QED) is 0.746. The summed E-state index contributed by atoms with van der Waals surface area (Å²) in [5, 5.41) is 2.85. The van der Waals surface area contributed by atoms with Crippen LogP contribution in [0.4, 0.5) is 4.79 Å².